The van der Waals surface area contributed by atoms with Gasteiger partial charge < -0.3 is 15.4 Å². The maximum Gasteiger partial charge on any atom is 0.224 e. The van der Waals surface area contributed by atoms with Gasteiger partial charge in [0.15, 0.2) is 0 Å². The van der Waals surface area contributed by atoms with Gasteiger partial charge in [-0.25, -0.2) is 0 Å². The molecule has 3 fully saturated rings. The number of hydrogen-bond acceptors (Lipinski definition) is 4. The molecule has 5 heteroatoms. The second-order valence-electron chi connectivity index (χ2n) is 6.68. The highest BCUT2D eigenvalue weighted by Gasteiger charge is 2.38. The number of nitrogens with two attached hydrogens (primary N) is 1. The van der Waals surface area contributed by atoms with Crippen molar-refractivity contribution in [3.8, 4) is 0 Å². The van der Waals surface area contributed by atoms with Gasteiger partial charge in [-0.3, -0.25) is 9.69 Å². The van der Waals surface area contributed by atoms with Gasteiger partial charge in [-0.15, -0.1) is 0 Å². The number of amides is 1. The number of hydrogen-bond donors (Lipinski definition) is 1. The SMILES string of the molecule is NCC(CC(=O)N1CCCC1)N1CCOC2CCCCC21. The molecule has 0 radical (unpaired) electrons. The first-order valence-electron chi connectivity index (χ1n) is 8.65. The molecule has 2 heterocycles. The summed E-state index contributed by atoms with van der Waals surface area (Å²) in [5, 5.41) is 0. The van der Waals surface area contributed by atoms with Crippen molar-refractivity contribution in [1.82, 2.24) is 9.80 Å². The van der Waals surface area contributed by atoms with Crippen LogP contribution in [0.3, 0.4) is 0 Å². The summed E-state index contributed by atoms with van der Waals surface area (Å²) in [6.07, 6.45) is 8.16. The minimum Gasteiger partial charge on any atom is -0.375 e. The second kappa shape index (κ2) is 7.07. The summed E-state index contributed by atoms with van der Waals surface area (Å²) in [4.78, 5) is 16.9. The number of rotatable bonds is 4. The van der Waals surface area contributed by atoms with E-state index in [4.69, 9.17) is 10.5 Å². The van der Waals surface area contributed by atoms with Crippen molar-refractivity contribution in [1.29, 1.82) is 0 Å². The third kappa shape index (κ3) is 3.41. The van der Waals surface area contributed by atoms with Crippen LogP contribution in [-0.2, 0) is 9.53 Å². The summed E-state index contributed by atoms with van der Waals surface area (Å²) >= 11 is 0. The number of ether oxygens (including phenoxy) is 1. The average Bonchev–Trinajstić information content (AvgIpc) is 3.06. The van der Waals surface area contributed by atoms with Gasteiger partial charge in [0, 0.05) is 44.7 Å². The van der Waals surface area contributed by atoms with Crippen molar-refractivity contribution in [2.45, 2.75) is 63.1 Å². The summed E-state index contributed by atoms with van der Waals surface area (Å²) in [7, 11) is 0. The Morgan fingerprint density at radius 2 is 1.90 bits per heavy atom. The van der Waals surface area contributed by atoms with E-state index in [1.54, 1.807) is 0 Å². The van der Waals surface area contributed by atoms with Gasteiger partial charge in [-0.2, -0.15) is 0 Å². The molecule has 1 aliphatic carbocycles. The van der Waals surface area contributed by atoms with Gasteiger partial charge in [-0.05, 0) is 25.7 Å². The zero-order chi connectivity index (χ0) is 14.7. The predicted molar refractivity (Wildman–Crippen MR) is 82.0 cm³/mol. The molecular formula is C16H29N3O2. The van der Waals surface area contributed by atoms with Crippen LogP contribution in [0.1, 0.15) is 44.9 Å². The molecule has 1 saturated carbocycles. The predicted octanol–water partition coefficient (Wildman–Crippen LogP) is 0.970. The Bertz CT molecular complexity index is 355. The lowest BCUT2D eigenvalue weighted by atomic mass is 9.88. The maximum absolute atomic E-state index is 12.4. The van der Waals surface area contributed by atoms with Gasteiger partial charge in [-0.1, -0.05) is 12.8 Å². The Labute approximate surface area is 127 Å². The summed E-state index contributed by atoms with van der Waals surface area (Å²) in [5.41, 5.74) is 6.02. The minimum absolute atomic E-state index is 0.188. The number of likely N-dealkylation sites (tertiary alicyclic amines) is 1. The first-order chi connectivity index (χ1) is 10.3. The third-order valence-corrected chi connectivity index (χ3v) is 5.39. The van der Waals surface area contributed by atoms with Gasteiger partial charge in [0.1, 0.15) is 0 Å². The average molecular weight is 295 g/mol. The highest BCUT2D eigenvalue weighted by Crippen LogP contribution is 2.30. The molecule has 0 aromatic heterocycles. The van der Waals surface area contributed by atoms with Crippen LogP contribution in [0.5, 0.6) is 0 Å². The molecule has 2 aliphatic heterocycles. The van der Waals surface area contributed by atoms with Crippen molar-refractivity contribution in [2.75, 3.05) is 32.8 Å². The van der Waals surface area contributed by atoms with Crippen LogP contribution in [0.4, 0.5) is 0 Å². The largest absolute Gasteiger partial charge is 0.375 e. The molecule has 0 bridgehead atoms. The van der Waals surface area contributed by atoms with Crippen LogP contribution in [0.2, 0.25) is 0 Å². The highest BCUT2D eigenvalue weighted by atomic mass is 16.5. The molecule has 3 atom stereocenters. The van der Waals surface area contributed by atoms with Crippen LogP contribution >= 0.6 is 0 Å². The normalized spacial score (nSPS) is 32.0. The van der Waals surface area contributed by atoms with Crippen LogP contribution in [0.15, 0.2) is 0 Å². The van der Waals surface area contributed by atoms with E-state index in [-0.39, 0.29) is 6.04 Å². The smallest absolute Gasteiger partial charge is 0.224 e. The highest BCUT2D eigenvalue weighted by molar-refractivity contribution is 5.77. The van der Waals surface area contributed by atoms with Gasteiger partial charge in [0.2, 0.25) is 5.91 Å². The van der Waals surface area contributed by atoms with E-state index in [9.17, 15) is 4.79 Å². The van der Waals surface area contributed by atoms with E-state index in [0.717, 1.165) is 39.1 Å². The molecule has 1 amide bonds. The zero-order valence-corrected chi connectivity index (χ0v) is 13.0. The summed E-state index contributed by atoms with van der Waals surface area (Å²) in [6, 6.07) is 0.667. The van der Waals surface area contributed by atoms with E-state index >= 15 is 0 Å². The molecule has 21 heavy (non-hydrogen) atoms. The van der Waals surface area contributed by atoms with Crippen LogP contribution in [0, 0.1) is 0 Å². The molecular weight excluding hydrogens is 266 g/mol. The number of morpholine rings is 1. The first-order valence-corrected chi connectivity index (χ1v) is 8.65. The van der Waals surface area contributed by atoms with Crippen molar-refractivity contribution in [2.24, 2.45) is 5.73 Å². The molecule has 5 nitrogen and oxygen atoms in total. The quantitative estimate of drug-likeness (QED) is 0.839. The second-order valence-corrected chi connectivity index (χ2v) is 6.68. The minimum atomic E-state index is 0.188. The van der Waals surface area contributed by atoms with Crippen molar-refractivity contribution in [3.05, 3.63) is 0 Å². The van der Waals surface area contributed by atoms with E-state index in [1.165, 1.54) is 25.7 Å². The maximum atomic E-state index is 12.4. The van der Waals surface area contributed by atoms with Gasteiger partial charge >= 0.3 is 0 Å². The molecule has 2 N–H and O–H groups in total. The Morgan fingerprint density at radius 1 is 1.14 bits per heavy atom. The molecule has 3 aliphatic rings. The van der Waals surface area contributed by atoms with Crippen LogP contribution in [-0.4, -0.2) is 66.7 Å². The Morgan fingerprint density at radius 3 is 2.67 bits per heavy atom. The number of carbonyl (C=O) groups is 1. The number of nitrogens with zero attached hydrogens (tertiary/aromatic N) is 2. The monoisotopic (exact) mass is 295 g/mol. The fourth-order valence-electron chi connectivity index (χ4n) is 4.21. The molecule has 3 unspecified atom stereocenters. The van der Waals surface area contributed by atoms with Gasteiger partial charge in [0.05, 0.1) is 12.7 Å². The standard InChI is InChI=1S/C16H29N3O2/c17-12-13(11-16(20)18-7-3-4-8-18)19-9-10-21-15-6-2-1-5-14(15)19/h13-15H,1-12,17H2. The van der Waals surface area contributed by atoms with E-state index in [0.29, 0.717) is 31.0 Å². The molecule has 3 rings (SSSR count). The molecule has 0 spiro atoms. The van der Waals surface area contributed by atoms with Crippen LogP contribution in [0.25, 0.3) is 0 Å². The van der Waals surface area contributed by atoms with Crippen molar-refractivity contribution in [3.63, 3.8) is 0 Å². The first kappa shape index (κ1) is 15.3. The third-order valence-electron chi connectivity index (χ3n) is 5.39. The fraction of sp³-hybridized carbons (Fsp3) is 0.938. The summed E-state index contributed by atoms with van der Waals surface area (Å²) in [6.45, 7) is 4.16. The summed E-state index contributed by atoms with van der Waals surface area (Å²) < 4.78 is 5.93. The summed E-state index contributed by atoms with van der Waals surface area (Å²) in [5.74, 6) is 0.293. The van der Waals surface area contributed by atoms with Crippen LogP contribution < -0.4 is 5.73 Å². The molecule has 0 aromatic carbocycles. The van der Waals surface area contributed by atoms with E-state index in [2.05, 4.69) is 4.90 Å². The van der Waals surface area contributed by atoms with E-state index in [1.807, 2.05) is 4.90 Å². The Kier molecular flexibility index (Phi) is 5.14. The number of fused-ring (bicyclic) bond motifs is 1. The number of carbonyl (C=O) groups excluding carboxylic acids is 1. The Hall–Kier alpha value is -0.650. The fourth-order valence-corrected chi connectivity index (χ4v) is 4.21. The zero-order valence-electron chi connectivity index (χ0n) is 13.0. The van der Waals surface area contributed by atoms with Crippen molar-refractivity contribution < 1.29 is 9.53 Å². The lowest BCUT2D eigenvalue weighted by Crippen LogP contribution is -2.58. The molecule has 0 aromatic rings. The topological polar surface area (TPSA) is 58.8 Å². The molecule has 120 valence electrons. The molecule has 2 saturated heterocycles. The van der Waals surface area contributed by atoms with Gasteiger partial charge in [0.25, 0.3) is 0 Å². The lowest BCUT2D eigenvalue weighted by molar-refractivity contribution is -0.135. The van der Waals surface area contributed by atoms with E-state index < -0.39 is 0 Å². The lowest BCUT2D eigenvalue weighted by Gasteiger charge is -2.47. The Balaban J connectivity index is 1.62. The van der Waals surface area contributed by atoms with Crippen molar-refractivity contribution >= 4 is 5.91 Å².